The molecule has 0 saturated heterocycles. The second-order valence-corrected chi connectivity index (χ2v) is 4.71. The molecule has 0 saturated carbocycles. The van der Waals surface area contributed by atoms with Gasteiger partial charge in [0.05, 0.1) is 12.7 Å². The van der Waals surface area contributed by atoms with E-state index in [0.717, 1.165) is 18.9 Å². The molecule has 0 bridgehead atoms. The van der Waals surface area contributed by atoms with Gasteiger partial charge in [0.1, 0.15) is 0 Å². The Morgan fingerprint density at radius 1 is 1.21 bits per heavy atom. The van der Waals surface area contributed by atoms with Crippen molar-refractivity contribution in [2.45, 2.75) is 45.6 Å². The van der Waals surface area contributed by atoms with Crippen LogP contribution in [-0.2, 0) is 4.74 Å². The van der Waals surface area contributed by atoms with Gasteiger partial charge in [-0.05, 0) is 45.4 Å². The Bertz CT molecular complexity index is 262. The van der Waals surface area contributed by atoms with Crippen LogP contribution in [0.15, 0.2) is 23.3 Å². The fourth-order valence-electron chi connectivity index (χ4n) is 2.40. The first-order chi connectivity index (χ1) is 6.75. The Kier molecular flexibility index (Phi) is 3.07. The van der Waals surface area contributed by atoms with Gasteiger partial charge in [-0.1, -0.05) is 23.3 Å². The van der Waals surface area contributed by atoms with Crippen molar-refractivity contribution in [1.82, 2.24) is 0 Å². The molecule has 1 aliphatic heterocycles. The standard InChI is InChI=1S/C13H20O/c1-10-3-5-12(6-4-10)13-9-11(2)7-8-14-13/h3,7,12-13H,4-6,8-9H2,1-2H3. The maximum atomic E-state index is 5.82. The second kappa shape index (κ2) is 4.31. The Morgan fingerprint density at radius 3 is 2.71 bits per heavy atom. The summed E-state index contributed by atoms with van der Waals surface area (Å²) in [6.45, 7) is 5.29. The monoisotopic (exact) mass is 192 g/mol. The minimum Gasteiger partial charge on any atom is -0.374 e. The van der Waals surface area contributed by atoms with Crippen LogP contribution in [0.5, 0.6) is 0 Å². The van der Waals surface area contributed by atoms with E-state index in [9.17, 15) is 0 Å². The largest absolute Gasteiger partial charge is 0.374 e. The zero-order valence-electron chi connectivity index (χ0n) is 9.25. The number of rotatable bonds is 1. The van der Waals surface area contributed by atoms with Crippen molar-refractivity contribution in [2.24, 2.45) is 5.92 Å². The average Bonchev–Trinajstić information content (AvgIpc) is 2.19. The van der Waals surface area contributed by atoms with Crippen LogP contribution in [0.3, 0.4) is 0 Å². The maximum Gasteiger partial charge on any atom is 0.0654 e. The molecule has 1 aliphatic carbocycles. The average molecular weight is 192 g/mol. The molecular weight excluding hydrogens is 172 g/mol. The minimum absolute atomic E-state index is 0.490. The smallest absolute Gasteiger partial charge is 0.0654 e. The van der Waals surface area contributed by atoms with Gasteiger partial charge in [0.25, 0.3) is 0 Å². The zero-order chi connectivity index (χ0) is 9.97. The second-order valence-electron chi connectivity index (χ2n) is 4.71. The van der Waals surface area contributed by atoms with Crippen LogP contribution in [0.1, 0.15) is 39.5 Å². The predicted molar refractivity (Wildman–Crippen MR) is 59.2 cm³/mol. The third kappa shape index (κ3) is 2.27. The van der Waals surface area contributed by atoms with E-state index in [1.165, 1.54) is 24.8 Å². The van der Waals surface area contributed by atoms with Crippen molar-refractivity contribution in [2.75, 3.05) is 6.61 Å². The lowest BCUT2D eigenvalue weighted by Crippen LogP contribution is -2.28. The van der Waals surface area contributed by atoms with Crippen molar-refractivity contribution in [3.8, 4) is 0 Å². The van der Waals surface area contributed by atoms with Gasteiger partial charge in [0, 0.05) is 0 Å². The SMILES string of the molecule is CC1=CCC(C2CC(C)=CCO2)CC1. The minimum atomic E-state index is 0.490. The lowest BCUT2D eigenvalue weighted by Gasteiger charge is -2.31. The van der Waals surface area contributed by atoms with Crippen molar-refractivity contribution in [3.05, 3.63) is 23.3 Å². The number of ether oxygens (including phenoxy) is 1. The highest BCUT2D eigenvalue weighted by molar-refractivity contribution is 5.08. The predicted octanol–water partition coefficient (Wildman–Crippen LogP) is 3.47. The molecule has 0 fully saturated rings. The molecule has 2 atom stereocenters. The van der Waals surface area contributed by atoms with Gasteiger partial charge in [-0.15, -0.1) is 0 Å². The van der Waals surface area contributed by atoms with E-state index in [-0.39, 0.29) is 0 Å². The van der Waals surface area contributed by atoms with Crippen LogP contribution >= 0.6 is 0 Å². The highest BCUT2D eigenvalue weighted by Gasteiger charge is 2.25. The summed E-state index contributed by atoms with van der Waals surface area (Å²) in [4.78, 5) is 0. The molecule has 0 radical (unpaired) electrons. The number of allylic oxidation sites excluding steroid dienone is 2. The first-order valence-corrected chi connectivity index (χ1v) is 5.68. The summed E-state index contributed by atoms with van der Waals surface area (Å²) in [5.74, 6) is 0.766. The Hall–Kier alpha value is -0.560. The molecular formula is C13H20O. The van der Waals surface area contributed by atoms with Crippen molar-refractivity contribution >= 4 is 0 Å². The van der Waals surface area contributed by atoms with E-state index in [1.807, 2.05) is 0 Å². The topological polar surface area (TPSA) is 9.23 Å². The molecule has 2 unspecified atom stereocenters. The van der Waals surface area contributed by atoms with Crippen LogP contribution < -0.4 is 0 Å². The van der Waals surface area contributed by atoms with Crippen LogP contribution in [-0.4, -0.2) is 12.7 Å². The van der Waals surface area contributed by atoms with Crippen LogP contribution in [0.4, 0.5) is 0 Å². The highest BCUT2D eigenvalue weighted by atomic mass is 16.5. The molecule has 0 N–H and O–H groups in total. The fourth-order valence-corrected chi connectivity index (χ4v) is 2.40. The van der Waals surface area contributed by atoms with Crippen molar-refractivity contribution in [3.63, 3.8) is 0 Å². The molecule has 78 valence electrons. The maximum absolute atomic E-state index is 5.82. The summed E-state index contributed by atoms with van der Waals surface area (Å²) in [6, 6.07) is 0. The van der Waals surface area contributed by atoms with E-state index >= 15 is 0 Å². The van der Waals surface area contributed by atoms with Gasteiger partial charge in [0.2, 0.25) is 0 Å². The van der Waals surface area contributed by atoms with Crippen LogP contribution in [0.25, 0.3) is 0 Å². The summed E-state index contributed by atoms with van der Waals surface area (Å²) < 4.78 is 5.82. The lowest BCUT2D eigenvalue weighted by atomic mass is 9.83. The van der Waals surface area contributed by atoms with Crippen molar-refractivity contribution < 1.29 is 4.74 Å². The first-order valence-electron chi connectivity index (χ1n) is 5.68. The fraction of sp³-hybridized carbons (Fsp3) is 0.692. The van der Waals surface area contributed by atoms with Crippen LogP contribution in [0.2, 0.25) is 0 Å². The van der Waals surface area contributed by atoms with Gasteiger partial charge >= 0.3 is 0 Å². The molecule has 0 aromatic rings. The quantitative estimate of drug-likeness (QED) is 0.578. The lowest BCUT2D eigenvalue weighted by molar-refractivity contribution is 0.0171. The molecule has 0 aromatic heterocycles. The number of hydrogen-bond donors (Lipinski definition) is 0. The molecule has 1 nitrogen and oxygen atoms in total. The molecule has 2 rings (SSSR count). The van der Waals surface area contributed by atoms with Gasteiger partial charge < -0.3 is 4.74 Å². The summed E-state index contributed by atoms with van der Waals surface area (Å²) in [5.41, 5.74) is 3.07. The van der Waals surface area contributed by atoms with Gasteiger partial charge in [0.15, 0.2) is 0 Å². The Balaban J connectivity index is 1.93. The molecule has 2 aliphatic rings. The van der Waals surface area contributed by atoms with Gasteiger partial charge in [-0.3, -0.25) is 0 Å². The van der Waals surface area contributed by atoms with E-state index in [2.05, 4.69) is 26.0 Å². The van der Waals surface area contributed by atoms with E-state index < -0.39 is 0 Å². The molecule has 0 aromatic carbocycles. The normalized spacial score (nSPS) is 33.6. The summed E-state index contributed by atoms with van der Waals surface area (Å²) in [5, 5.41) is 0. The first kappa shape index (κ1) is 9.97. The van der Waals surface area contributed by atoms with Gasteiger partial charge in [-0.2, -0.15) is 0 Å². The zero-order valence-corrected chi connectivity index (χ0v) is 9.25. The highest BCUT2D eigenvalue weighted by Crippen LogP contribution is 2.31. The van der Waals surface area contributed by atoms with Crippen LogP contribution in [0, 0.1) is 5.92 Å². The summed E-state index contributed by atoms with van der Waals surface area (Å²) >= 11 is 0. The third-order valence-electron chi connectivity index (χ3n) is 3.47. The van der Waals surface area contributed by atoms with E-state index in [4.69, 9.17) is 4.74 Å². The molecule has 0 spiro atoms. The van der Waals surface area contributed by atoms with E-state index in [0.29, 0.717) is 6.10 Å². The van der Waals surface area contributed by atoms with Gasteiger partial charge in [-0.25, -0.2) is 0 Å². The summed E-state index contributed by atoms with van der Waals surface area (Å²) in [7, 11) is 0. The molecule has 1 heterocycles. The Morgan fingerprint density at radius 2 is 2.07 bits per heavy atom. The molecule has 0 amide bonds. The third-order valence-corrected chi connectivity index (χ3v) is 3.47. The van der Waals surface area contributed by atoms with E-state index in [1.54, 1.807) is 5.57 Å². The Labute approximate surface area is 86.8 Å². The summed E-state index contributed by atoms with van der Waals surface area (Å²) in [6.07, 6.45) is 10.1. The molecule has 1 heteroatoms. The molecule has 14 heavy (non-hydrogen) atoms. The van der Waals surface area contributed by atoms with Crippen molar-refractivity contribution in [1.29, 1.82) is 0 Å². The number of hydrogen-bond acceptors (Lipinski definition) is 1.